The highest BCUT2D eigenvalue weighted by Gasteiger charge is 2.23. The van der Waals surface area contributed by atoms with Crippen molar-refractivity contribution in [2.75, 3.05) is 7.11 Å². The minimum Gasteiger partial charge on any atom is -0.497 e. The lowest BCUT2D eigenvalue weighted by atomic mass is 9.90. The third kappa shape index (κ3) is 4.04. The van der Waals surface area contributed by atoms with Crippen molar-refractivity contribution < 1.29 is 4.74 Å². The van der Waals surface area contributed by atoms with Crippen LogP contribution in [0.2, 0.25) is 0 Å². The maximum atomic E-state index is 6.47. The normalized spacial score (nSPS) is 14.2. The lowest BCUT2D eigenvalue weighted by Crippen LogP contribution is -2.41. The number of benzene rings is 1. The number of nitrogens with zero attached hydrogens (tertiary/aromatic N) is 3. The van der Waals surface area contributed by atoms with Gasteiger partial charge in [-0.15, -0.1) is 0 Å². The van der Waals surface area contributed by atoms with E-state index in [1.807, 2.05) is 16.8 Å². The van der Waals surface area contributed by atoms with Crippen molar-refractivity contribution >= 4 is 0 Å². The summed E-state index contributed by atoms with van der Waals surface area (Å²) in [4.78, 5) is 4.34. The van der Waals surface area contributed by atoms with Gasteiger partial charge >= 0.3 is 0 Å². The number of ether oxygens (including phenoxy) is 1. The molecule has 0 aliphatic rings. The predicted molar refractivity (Wildman–Crippen MR) is 83.4 cm³/mol. The Bertz CT molecular complexity index is 572. The molecule has 0 fully saturated rings. The van der Waals surface area contributed by atoms with Gasteiger partial charge in [0.15, 0.2) is 0 Å². The molecule has 5 nitrogen and oxygen atoms in total. The molecule has 1 unspecified atom stereocenters. The molecule has 0 aliphatic heterocycles. The van der Waals surface area contributed by atoms with Crippen LogP contribution in [-0.2, 0) is 12.8 Å². The van der Waals surface area contributed by atoms with Crippen LogP contribution in [0.5, 0.6) is 5.75 Å². The average Bonchev–Trinajstić information content (AvgIpc) is 2.86. The molecule has 5 heteroatoms. The van der Waals surface area contributed by atoms with E-state index in [1.165, 1.54) is 5.56 Å². The van der Waals surface area contributed by atoms with Crippen LogP contribution in [0.3, 0.4) is 0 Å². The largest absolute Gasteiger partial charge is 0.497 e. The first-order valence-electron chi connectivity index (χ1n) is 7.21. The van der Waals surface area contributed by atoms with E-state index < -0.39 is 0 Å². The van der Waals surface area contributed by atoms with Crippen molar-refractivity contribution in [3.63, 3.8) is 0 Å². The standard InChI is InChI=1S/C16H24N4O/c1-12(2)20-15(18-11-19-20)10-16(3,17)9-13-5-7-14(21-4)8-6-13/h5-8,11-12H,9-10,17H2,1-4H3. The summed E-state index contributed by atoms with van der Waals surface area (Å²) >= 11 is 0. The van der Waals surface area contributed by atoms with E-state index in [0.717, 1.165) is 18.0 Å². The van der Waals surface area contributed by atoms with E-state index in [0.29, 0.717) is 12.5 Å². The quantitative estimate of drug-likeness (QED) is 0.886. The van der Waals surface area contributed by atoms with Crippen LogP contribution < -0.4 is 10.5 Å². The third-order valence-corrected chi connectivity index (χ3v) is 3.47. The first-order valence-corrected chi connectivity index (χ1v) is 7.21. The van der Waals surface area contributed by atoms with Gasteiger partial charge in [0.1, 0.15) is 17.9 Å². The lowest BCUT2D eigenvalue weighted by Gasteiger charge is -2.25. The highest BCUT2D eigenvalue weighted by Crippen LogP contribution is 2.19. The molecule has 0 saturated heterocycles. The zero-order chi connectivity index (χ0) is 15.5. The first-order chi connectivity index (χ1) is 9.91. The van der Waals surface area contributed by atoms with Gasteiger partial charge in [-0.05, 0) is 44.9 Å². The predicted octanol–water partition coefficient (Wildman–Crippen LogP) is 2.37. The Labute approximate surface area is 126 Å². The molecule has 0 saturated carbocycles. The SMILES string of the molecule is COc1ccc(CC(C)(N)Cc2ncnn2C(C)C)cc1. The Morgan fingerprint density at radius 2 is 1.90 bits per heavy atom. The Morgan fingerprint density at radius 3 is 2.48 bits per heavy atom. The van der Waals surface area contributed by atoms with Crippen molar-refractivity contribution in [2.45, 2.75) is 45.2 Å². The molecule has 2 aromatic rings. The Hall–Kier alpha value is -1.88. The van der Waals surface area contributed by atoms with E-state index >= 15 is 0 Å². The van der Waals surface area contributed by atoms with Gasteiger partial charge in [0.05, 0.1) is 7.11 Å². The van der Waals surface area contributed by atoms with Crippen molar-refractivity contribution in [1.82, 2.24) is 14.8 Å². The summed E-state index contributed by atoms with van der Waals surface area (Å²) < 4.78 is 7.10. The molecular weight excluding hydrogens is 264 g/mol. The molecule has 0 amide bonds. The van der Waals surface area contributed by atoms with Gasteiger partial charge in [-0.3, -0.25) is 0 Å². The van der Waals surface area contributed by atoms with E-state index in [1.54, 1.807) is 13.4 Å². The maximum Gasteiger partial charge on any atom is 0.138 e. The van der Waals surface area contributed by atoms with Gasteiger partial charge in [-0.25, -0.2) is 9.67 Å². The summed E-state index contributed by atoms with van der Waals surface area (Å²) in [6.45, 7) is 6.24. The summed E-state index contributed by atoms with van der Waals surface area (Å²) in [5.41, 5.74) is 7.29. The fourth-order valence-electron chi connectivity index (χ4n) is 2.47. The van der Waals surface area contributed by atoms with Gasteiger partial charge in [-0.1, -0.05) is 12.1 Å². The van der Waals surface area contributed by atoms with Crippen LogP contribution in [0.4, 0.5) is 0 Å². The van der Waals surface area contributed by atoms with Gasteiger partial charge in [0.25, 0.3) is 0 Å². The minimum absolute atomic E-state index is 0.291. The Balaban J connectivity index is 2.08. The molecule has 0 radical (unpaired) electrons. The first kappa shape index (κ1) is 15.5. The molecule has 114 valence electrons. The van der Waals surface area contributed by atoms with Crippen LogP contribution in [0, 0.1) is 0 Å². The van der Waals surface area contributed by atoms with Gasteiger partial charge in [0.2, 0.25) is 0 Å². The summed E-state index contributed by atoms with van der Waals surface area (Å²) in [7, 11) is 1.67. The van der Waals surface area contributed by atoms with Crippen molar-refractivity contribution in [3.8, 4) is 5.75 Å². The molecule has 0 bridgehead atoms. The Kier molecular flexibility index (Phi) is 4.63. The van der Waals surface area contributed by atoms with E-state index in [-0.39, 0.29) is 5.54 Å². The average molecular weight is 288 g/mol. The minimum atomic E-state index is -0.367. The molecule has 1 atom stereocenters. The number of rotatable bonds is 6. The van der Waals surface area contributed by atoms with Crippen molar-refractivity contribution in [2.24, 2.45) is 5.73 Å². The molecule has 2 rings (SSSR count). The van der Waals surface area contributed by atoms with Crippen molar-refractivity contribution in [3.05, 3.63) is 42.0 Å². The van der Waals surface area contributed by atoms with Gasteiger partial charge in [-0.2, -0.15) is 5.10 Å². The number of hydrogen-bond acceptors (Lipinski definition) is 4. The monoisotopic (exact) mass is 288 g/mol. The van der Waals surface area contributed by atoms with Gasteiger partial charge < -0.3 is 10.5 Å². The number of hydrogen-bond donors (Lipinski definition) is 1. The smallest absolute Gasteiger partial charge is 0.138 e. The second kappa shape index (κ2) is 6.26. The third-order valence-electron chi connectivity index (χ3n) is 3.47. The van der Waals surface area contributed by atoms with Gasteiger partial charge in [0, 0.05) is 18.0 Å². The van der Waals surface area contributed by atoms with E-state index in [2.05, 4.69) is 43.0 Å². The zero-order valence-electron chi connectivity index (χ0n) is 13.2. The second-order valence-corrected chi connectivity index (χ2v) is 6.07. The second-order valence-electron chi connectivity index (χ2n) is 6.07. The van der Waals surface area contributed by atoms with Crippen LogP contribution in [-0.4, -0.2) is 27.4 Å². The van der Waals surface area contributed by atoms with E-state index in [9.17, 15) is 0 Å². The maximum absolute atomic E-state index is 6.47. The molecule has 1 aromatic heterocycles. The van der Waals surface area contributed by atoms with E-state index in [4.69, 9.17) is 10.5 Å². The Morgan fingerprint density at radius 1 is 1.24 bits per heavy atom. The zero-order valence-corrected chi connectivity index (χ0v) is 13.2. The molecule has 2 N–H and O–H groups in total. The summed E-state index contributed by atoms with van der Waals surface area (Å²) in [5.74, 6) is 1.79. The summed E-state index contributed by atoms with van der Waals surface area (Å²) in [5, 5.41) is 4.26. The molecular formula is C16H24N4O. The molecule has 21 heavy (non-hydrogen) atoms. The van der Waals surface area contributed by atoms with Crippen LogP contribution in [0.25, 0.3) is 0 Å². The number of methoxy groups -OCH3 is 1. The highest BCUT2D eigenvalue weighted by molar-refractivity contribution is 5.28. The highest BCUT2D eigenvalue weighted by atomic mass is 16.5. The molecule has 1 heterocycles. The number of aromatic nitrogens is 3. The molecule has 0 aliphatic carbocycles. The fraction of sp³-hybridized carbons (Fsp3) is 0.500. The lowest BCUT2D eigenvalue weighted by molar-refractivity contribution is 0.411. The van der Waals surface area contributed by atoms with Crippen molar-refractivity contribution in [1.29, 1.82) is 0 Å². The summed E-state index contributed by atoms with van der Waals surface area (Å²) in [6.07, 6.45) is 3.07. The topological polar surface area (TPSA) is 66.0 Å². The fourth-order valence-corrected chi connectivity index (χ4v) is 2.47. The molecule has 0 spiro atoms. The molecule has 1 aromatic carbocycles. The summed E-state index contributed by atoms with van der Waals surface area (Å²) in [6, 6.07) is 8.32. The van der Waals surface area contributed by atoms with Crippen LogP contribution in [0.15, 0.2) is 30.6 Å². The van der Waals surface area contributed by atoms with Crippen LogP contribution >= 0.6 is 0 Å². The number of nitrogens with two attached hydrogens (primary N) is 1. The van der Waals surface area contributed by atoms with Crippen LogP contribution in [0.1, 0.15) is 38.2 Å².